The van der Waals surface area contributed by atoms with Gasteiger partial charge >= 0.3 is 0 Å². The second kappa shape index (κ2) is 2.87. The average molecular weight is 196 g/mol. The molecule has 1 unspecified atom stereocenters. The van der Waals surface area contributed by atoms with Gasteiger partial charge in [0.05, 0.1) is 0 Å². The SMILES string of the molecule is Cc1nc2c(n1C)C(=O)CC(C)S2. The summed E-state index contributed by atoms with van der Waals surface area (Å²) in [7, 11) is 1.90. The molecule has 0 aromatic carbocycles. The first-order chi connectivity index (χ1) is 6.09. The van der Waals surface area contributed by atoms with Crippen LogP contribution >= 0.6 is 11.8 Å². The van der Waals surface area contributed by atoms with Gasteiger partial charge in [0, 0.05) is 18.7 Å². The maximum Gasteiger partial charge on any atom is 0.183 e. The smallest absolute Gasteiger partial charge is 0.183 e. The Morgan fingerprint density at radius 2 is 2.31 bits per heavy atom. The molecule has 2 rings (SSSR count). The standard InChI is InChI=1S/C9H12N2OS/c1-5-4-7(12)8-9(13-5)10-6(2)11(8)3/h5H,4H2,1-3H3. The van der Waals surface area contributed by atoms with Gasteiger partial charge in [-0.15, -0.1) is 11.8 Å². The lowest BCUT2D eigenvalue weighted by Crippen LogP contribution is -2.17. The summed E-state index contributed by atoms with van der Waals surface area (Å²) < 4.78 is 1.89. The summed E-state index contributed by atoms with van der Waals surface area (Å²) in [6.07, 6.45) is 0.636. The number of Topliss-reactive ketones (excluding diaryl/α,β-unsaturated/α-hetero) is 1. The molecule has 1 aromatic rings. The van der Waals surface area contributed by atoms with E-state index in [2.05, 4.69) is 11.9 Å². The Morgan fingerprint density at radius 3 is 3.00 bits per heavy atom. The van der Waals surface area contributed by atoms with E-state index in [4.69, 9.17) is 0 Å². The summed E-state index contributed by atoms with van der Waals surface area (Å²) in [4.78, 5) is 16.0. The van der Waals surface area contributed by atoms with Crippen molar-refractivity contribution in [3.63, 3.8) is 0 Å². The lowest BCUT2D eigenvalue weighted by atomic mass is 10.2. The van der Waals surface area contributed by atoms with Gasteiger partial charge < -0.3 is 4.57 Å². The summed E-state index contributed by atoms with van der Waals surface area (Å²) in [5, 5.41) is 1.28. The van der Waals surface area contributed by atoms with Crippen LogP contribution in [0.1, 0.15) is 29.7 Å². The Balaban J connectivity index is 2.55. The highest BCUT2D eigenvalue weighted by atomic mass is 32.2. The third-order valence-corrected chi connectivity index (χ3v) is 3.41. The fourth-order valence-electron chi connectivity index (χ4n) is 1.56. The largest absolute Gasteiger partial charge is 0.328 e. The predicted molar refractivity (Wildman–Crippen MR) is 52.2 cm³/mol. The quantitative estimate of drug-likeness (QED) is 0.634. The molecule has 1 atom stereocenters. The number of imidazole rings is 1. The summed E-state index contributed by atoms with van der Waals surface area (Å²) in [6, 6.07) is 0. The van der Waals surface area contributed by atoms with Crippen LogP contribution < -0.4 is 0 Å². The van der Waals surface area contributed by atoms with E-state index in [9.17, 15) is 4.79 Å². The van der Waals surface area contributed by atoms with Crippen LogP contribution in [0.3, 0.4) is 0 Å². The number of fused-ring (bicyclic) bond motifs is 1. The lowest BCUT2D eigenvalue weighted by molar-refractivity contribution is 0.0969. The van der Waals surface area contributed by atoms with Gasteiger partial charge in [0.1, 0.15) is 16.5 Å². The van der Waals surface area contributed by atoms with Crippen molar-refractivity contribution < 1.29 is 4.79 Å². The van der Waals surface area contributed by atoms with Crippen LogP contribution in [0.15, 0.2) is 5.03 Å². The third kappa shape index (κ3) is 1.29. The Labute approximate surface area is 81.5 Å². The summed E-state index contributed by atoms with van der Waals surface area (Å²) in [5.74, 6) is 1.14. The first kappa shape index (κ1) is 8.81. The molecule has 0 radical (unpaired) electrons. The number of thioether (sulfide) groups is 1. The van der Waals surface area contributed by atoms with Crippen molar-refractivity contribution in [3.05, 3.63) is 11.5 Å². The van der Waals surface area contributed by atoms with Gasteiger partial charge in [-0.3, -0.25) is 4.79 Å². The second-order valence-corrected chi connectivity index (χ2v) is 4.85. The zero-order valence-corrected chi connectivity index (χ0v) is 8.81. The highest BCUT2D eigenvalue weighted by Crippen LogP contribution is 2.34. The van der Waals surface area contributed by atoms with Crippen molar-refractivity contribution in [3.8, 4) is 0 Å². The number of carbonyl (C=O) groups excluding carboxylic acids is 1. The molecule has 0 bridgehead atoms. The predicted octanol–water partition coefficient (Wildman–Crippen LogP) is 1.80. The van der Waals surface area contributed by atoms with E-state index in [0.717, 1.165) is 16.5 Å². The van der Waals surface area contributed by atoms with Gasteiger partial charge in [-0.05, 0) is 6.92 Å². The van der Waals surface area contributed by atoms with Crippen LogP contribution in [0.2, 0.25) is 0 Å². The molecule has 3 nitrogen and oxygen atoms in total. The minimum atomic E-state index is 0.226. The van der Waals surface area contributed by atoms with Crippen molar-refractivity contribution in [1.82, 2.24) is 9.55 Å². The monoisotopic (exact) mass is 196 g/mol. The minimum absolute atomic E-state index is 0.226. The molecule has 1 aliphatic rings. The fourth-order valence-corrected chi connectivity index (χ4v) is 2.72. The number of carbonyl (C=O) groups is 1. The van der Waals surface area contributed by atoms with Gasteiger partial charge in [-0.25, -0.2) is 4.98 Å². The second-order valence-electron chi connectivity index (χ2n) is 3.43. The Bertz CT molecular complexity index is 370. The number of rotatable bonds is 0. The molecule has 0 saturated carbocycles. The number of aryl methyl sites for hydroxylation is 1. The average Bonchev–Trinajstić information content (AvgIpc) is 2.27. The van der Waals surface area contributed by atoms with Crippen molar-refractivity contribution in [2.75, 3.05) is 0 Å². The molecule has 0 N–H and O–H groups in total. The number of aromatic nitrogens is 2. The first-order valence-corrected chi connectivity index (χ1v) is 5.20. The molecule has 1 aliphatic heterocycles. The first-order valence-electron chi connectivity index (χ1n) is 4.32. The number of nitrogens with zero attached hydrogens (tertiary/aromatic N) is 2. The van der Waals surface area contributed by atoms with Gasteiger partial charge in [0.15, 0.2) is 5.78 Å². The summed E-state index contributed by atoms with van der Waals surface area (Å²) in [5.41, 5.74) is 0.792. The molecule has 0 spiro atoms. The van der Waals surface area contributed by atoms with Crippen LogP contribution in [-0.2, 0) is 7.05 Å². The molecule has 13 heavy (non-hydrogen) atoms. The zero-order valence-electron chi connectivity index (χ0n) is 8.00. The van der Waals surface area contributed by atoms with E-state index in [1.165, 1.54) is 0 Å². The van der Waals surface area contributed by atoms with Gasteiger partial charge in [0.25, 0.3) is 0 Å². The van der Waals surface area contributed by atoms with Crippen LogP contribution in [0.4, 0.5) is 0 Å². The van der Waals surface area contributed by atoms with Crippen LogP contribution in [-0.4, -0.2) is 20.6 Å². The van der Waals surface area contributed by atoms with Crippen molar-refractivity contribution >= 4 is 17.5 Å². The Kier molecular flexibility index (Phi) is 1.95. The maximum absolute atomic E-state index is 11.7. The summed E-state index contributed by atoms with van der Waals surface area (Å²) in [6.45, 7) is 3.99. The fraction of sp³-hybridized carbons (Fsp3) is 0.556. The van der Waals surface area contributed by atoms with Crippen molar-refractivity contribution in [2.45, 2.75) is 30.5 Å². The van der Waals surface area contributed by atoms with E-state index in [1.807, 2.05) is 18.5 Å². The Hall–Kier alpha value is -0.770. The number of hydrogen-bond acceptors (Lipinski definition) is 3. The number of ketones is 1. The Morgan fingerprint density at radius 1 is 1.62 bits per heavy atom. The van der Waals surface area contributed by atoms with Gasteiger partial charge in [0.2, 0.25) is 0 Å². The van der Waals surface area contributed by atoms with E-state index in [0.29, 0.717) is 11.7 Å². The molecule has 0 saturated heterocycles. The van der Waals surface area contributed by atoms with Crippen LogP contribution in [0.5, 0.6) is 0 Å². The van der Waals surface area contributed by atoms with E-state index < -0.39 is 0 Å². The van der Waals surface area contributed by atoms with Gasteiger partial charge in [-0.2, -0.15) is 0 Å². The molecule has 4 heteroatoms. The molecular weight excluding hydrogens is 184 g/mol. The molecular formula is C9H12N2OS. The molecule has 70 valence electrons. The van der Waals surface area contributed by atoms with E-state index >= 15 is 0 Å². The summed E-state index contributed by atoms with van der Waals surface area (Å²) >= 11 is 1.70. The van der Waals surface area contributed by atoms with Crippen LogP contribution in [0.25, 0.3) is 0 Å². The molecule has 1 aromatic heterocycles. The van der Waals surface area contributed by atoms with Crippen LogP contribution in [0, 0.1) is 6.92 Å². The highest BCUT2D eigenvalue weighted by molar-refractivity contribution is 8.00. The lowest BCUT2D eigenvalue weighted by Gasteiger charge is -2.15. The van der Waals surface area contributed by atoms with E-state index in [-0.39, 0.29) is 5.78 Å². The van der Waals surface area contributed by atoms with Crippen molar-refractivity contribution in [2.24, 2.45) is 7.05 Å². The normalized spacial score (nSPS) is 21.8. The van der Waals surface area contributed by atoms with Crippen molar-refractivity contribution in [1.29, 1.82) is 0 Å². The highest BCUT2D eigenvalue weighted by Gasteiger charge is 2.27. The molecule has 0 aliphatic carbocycles. The molecule has 0 fully saturated rings. The zero-order chi connectivity index (χ0) is 9.59. The third-order valence-electron chi connectivity index (χ3n) is 2.34. The molecule has 2 heterocycles. The van der Waals surface area contributed by atoms with E-state index in [1.54, 1.807) is 11.8 Å². The van der Waals surface area contributed by atoms with Gasteiger partial charge in [-0.1, -0.05) is 6.92 Å². The minimum Gasteiger partial charge on any atom is -0.328 e. The topological polar surface area (TPSA) is 34.9 Å². The number of hydrogen-bond donors (Lipinski definition) is 0. The molecule has 0 amide bonds. The maximum atomic E-state index is 11.7.